The summed E-state index contributed by atoms with van der Waals surface area (Å²) >= 11 is 0. The van der Waals surface area contributed by atoms with E-state index >= 15 is 0 Å². The zero-order chi connectivity index (χ0) is 34.4. The molecule has 3 amide bonds. The van der Waals surface area contributed by atoms with Crippen LogP contribution < -0.4 is 26.8 Å². The van der Waals surface area contributed by atoms with E-state index in [-0.39, 0.29) is 42.7 Å². The number of carbonyl (C=O) groups is 5. The van der Waals surface area contributed by atoms with Gasteiger partial charge in [0.25, 0.3) is 0 Å². The number of aliphatic carboxylic acids is 1. The van der Waals surface area contributed by atoms with E-state index in [1.54, 1.807) is 20.0 Å². The van der Waals surface area contributed by atoms with Gasteiger partial charge < -0.3 is 25.8 Å². The van der Waals surface area contributed by atoms with Gasteiger partial charge in [0, 0.05) is 5.56 Å². The van der Waals surface area contributed by atoms with Crippen LogP contribution in [0.15, 0.2) is 48.5 Å². The number of amides is 3. The van der Waals surface area contributed by atoms with Crippen LogP contribution in [0.4, 0.5) is 18.0 Å². The first-order chi connectivity index (χ1) is 21.6. The van der Waals surface area contributed by atoms with Gasteiger partial charge in [-0.15, -0.1) is 0 Å². The minimum atomic E-state index is -5.08. The fourth-order valence-corrected chi connectivity index (χ4v) is 4.54. The van der Waals surface area contributed by atoms with Crippen molar-refractivity contribution in [2.75, 3.05) is 13.6 Å². The Bertz CT molecular complexity index is 1360. The summed E-state index contributed by atoms with van der Waals surface area (Å²) in [5, 5.41) is 15.9. The van der Waals surface area contributed by atoms with Crippen molar-refractivity contribution in [2.24, 2.45) is 5.92 Å². The molecule has 0 radical (unpaired) electrons. The number of benzene rings is 2. The van der Waals surface area contributed by atoms with Crippen LogP contribution in [0.25, 0.3) is 0 Å². The predicted molar refractivity (Wildman–Crippen MR) is 161 cm³/mol. The predicted octanol–water partition coefficient (Wildman–Crippen LogP) is 3.18. The molecule has 6 N–H and O–H groups in total. The van der Waals surface area contributed by atoms with E-state index in [0.717, 1.165) is 29.5 Å². The Morgan fingerprint density at radius 1 is 1.00 bits per heavy atom. The average Bonchev–Trinajstić information content (AvgIpc) is 3.01. The Labute approximate surface area is 264 Å². The molecule has 15 heteroatoms. The van der Waals surface area contributed by atoms with Crippen LogP contribution in [0.3, 0.4) is 0 Å². The maximum Gasteiger partial charge on any atom is 0.490 e. The summed E-state index contributed by atoms with van der Waals surface area (Å²) in [6.07, 6.45) is -3.53. The highest BCUT2D eigenvalue weighted by Gasteiger charge is 2.38. The molecule has 0 spiro atoms. The van der Waals surface area contributed by atoms with Crippen LogP contribution >= 0.6 is 0 Å². The van der Waals surface area contributed by atoms with Crippen LogP contribution in [0.5, 0.6) is 0 Å². The highest BCUT2D eigenvalue weighted by molar-refractivity contribution is 6.04. The van der Waals surface area contributed by atoms with Crippen molar-refractivity contribution in [3.8, 4) is 0 Å². The third-order valence-electron chi connectivity index (χ3n) is 7.08. The smallest absolute Gasteiger partial charge is 0.475 e. The van der Waals surface area contributed by atoms with E-state index in [1.807, 2.05) is 56.3 Å². The Morgan fingerprint density at radius 3 is 2.24 bits per heavy atom. The Morgan fingerprint density at radius 2 is 1.65 bits per heavy atom. The number of ketones is 1. The largest absolute Gasteiger partial charge is 0.490 e. The maximum absolute atomic E-state index is 13.6. The van der Waals surface area contributed by atoms with E-state index < -0.39 is 30.3 Å². The fraction of sp³-hybridized carbons (Fsp3) is 0.452. The van der Waals surface area contributed by atoms with Gasteiger partial charge in [-0.1, -0.05) is 62.4 Å². The molecule has 12 nitrogen and oxygen atoms in total. The molecule has 0 aliphatic heterocycles. The number of ether oxygens (including phenoxy) is 1. The second-order valence-electron chi connectivity index (χ2n) is 10.8. The first kappa shape index (κ1) is 37.7. The molecular formula is C31H40F3N5O7. The van der Waals surface area contributed by atoms with Crippen LogP contribution in [-0.2, 0) is 32.1 Å². The minimum absolute atomic E-state index is 0.0987. The van der Waals surface area contributed by atoms with E-state index in [9.17, 15) is 32.3 Å². The monoisotopic (exact) mass is 651 g/mol. The normalized spacial score (nSPS) is 15.3. The lowest BCUT2D eigenvalue weighted by Gasteiger charge is -2.30. The molecule has 0 saturated heterocycles. The second-order valence-corrected chi connectivity index (χ2v) is 10.8. The molecule has 3 unspecified atom stereocenters. The standard InChI is InChI=1S/C29H39N5O5.C2HF3O2/c1-18(2)26(33-28(37)19(3)30-4)27(36)23-14-8-13-22-21(23)12-9-15-24(22)32-25(35)16-31-34-29(38)39-17-20-10-6-5-7-11-20;3-2(4,5)1(6)7/h5-8,10-11,13-14,18-19,24,26,30-31H,9,12,15-17H2,1-4H3,(H,32,35)(H,33,37)(H,34,38);(H,6,7). The van der Waals surface area contributed by atoms with Gasteiger partial charge in [-0.25, -0.2) is 15.0 Å². The molecule has 1 aliphatic carbocycles. The van der Waals surface area contributed by atoms with Gasteiger partial charge in [-0.3, -0.25) is 19.8 Å². The fourth-order valence-electron chi connectivity index (χ4n) is 4.54. The summed E-state index contributed by atoms with van der Waals surface area (Å²) in [5.41, 5.74) is 8.17. The van der Waals surface area contributed by atoms with Crippen molar-refractivity contribution < 1.29 is 47.0 Å². The number of carbonyl (C=O) groups excluding carboxylic acids is 4. The van der Waals surface area contributed by atoms with Crippen LogP contribution in [-0.4, -0.2) is 66.6 Å². The molecule has 0 saturated carbocycles. The highest BCUT2D eigenvalue weighted by Crippen LogP contribution is 2.33. The molecule has 0 bridgehead atoms. The molecule has 1 aliphatic rings. The number of likely N-dealkylation sites (N-methyl/N-ethyl adjacent to an activating group) is 1. The number of Topliss-reactive ketones (excluding diaryl/α,β-unsaturated/α-hetero) is 1. The van der Waals surface area contributed by atoms with Crippen LogP contribution in [0.1, 0.15) is 66.7 Å². The number of rotatable bonds is 12. The van der Waals surface area contributed by atoms with Gasteiger partial charge in [-0.05, 0) is 55.8 Å². The summed E-state index contributed by atoms with van der Waals surface area (Å²) in [4.78, 5) is 59.5. The number of hydrogen-bond acceptors (Lipinski definition) is 8. The average molecular weight is 652 g/mol. The first-order valence-corrected chi connectivity index (χ1v) is 14.6. The second kappa shape index (κ2) is 17.8. The van der Waals surface area contributed by atoms with Crippen molar-refractivity contribution in [3.05, 3.63) is 70.8 Å². The number of carboxylic acid groups (broad SMARTS) is 1. The SMILES string of the molecule is CNC(C)C(=O)NC(C(=O)c1cccc2c1CCCC2NC(=O)CNNC(=O)OCc1ccccc1)C(C)C.O=C(O)C(F)(F)F. The van der Waals surface area contributed by atoms with Crippen molar-refractivity contribution in [3.63, 3.8) is 0 Å². The van der Waals surface area contributed by atoms with Gasteiger partial charge in [0.15, 0.2) is 5.78 Å². The van der Waals surface area contributed by atoms with Crippen molar-refractivity contribution in [1.82, 2.24) is 26.8 Å². The van der Waals surface area contributed by atoms with Gasteiger partial charge in [0.1, 0.15) is 6.61 Å². The summed E-state index contributed by atoms with van der Waals surface area (Å²) in [6.45, 7) is 5.53. The summed E-state index contributed by atoms with van der Waals surface area (Å²) in [5.74, 6) is -3.53. The molecule has 0 heterocycles. The van der Waals surface area contributed by atoms with Gasteiger partial charge in [0.05, 0.1) is 24.7 Å². The van der Waals surface area contributed by atoms with Crippen LogP contribution in [0, 0.1) is 5.92 Å². The lowest BCUT2D eigenvalue weighted by molar-refractivity contribution is -0.192. The molecule has 3 atom stereocenters. The topological polar surface area (TPSA) is 175 Å². The molecule has 252 valence electrons. The Kier molecular flexibility index (Phi) is 14.6. The molecule has 46 heavy (non-hydrogen) atoms. The molecule has 2 aromatic carbocycles. The number of hydrazine groups is 1. The molecule has 3 rings (SSSR count). The van der Waals surface area contributed by atoms with Crippen LogP contribution in [0.2, 0.25) is 0 Å². The van der Waals surface area contributed by atoms with Gasteiger partial charge >= 0.3 is 18.2 Å². The zero-order valence-corrected chi connectivity index (χ0v) is 26.0. The highest BCUT2D eigenvalue weighted by atomic mass is 19.4. The summed E-state index contributed by atoms with van der Waals surface area (Å²) in [7, 11) is 1.70. The number of halogens is 3. The van der Waals surface area contributed by atoms with Crippen molar-refractivity contribution in [2.45, 2.75) is 70.9 Å². The third kappa shape index (κ3) is 11.8. The zero-order valence-electron chi connectivity index (χ0n) is 26.0. The number of alkyl halides is 3. The van der Waals surface area contributed by atoms with E-state index in [1.165, 1.54) is 0 Å². The third-order valence-corrected chi connectivity index (χ3v) is 7.08. The lowest BCUT2D eigenvalue weighted by Crippen LogP contribution is -2.50. The number of fused-ring (bicyclic) bond motifs is 1. The number of hydrogen-bond donors (Lipinski definition) is 6. The maximum atomic E-state index is 13.6. The van der Waals surface area contributed by atoms with Crippen molar-refractivity contribution in [1.29, 1.82) is 0 Å². The van der Waals surface area contributed by atoms with Gasteiger partial charge in [0.2, 0.25) is 11.8 Å². The Hall–Kier alpha value is -4.50. The number of nitrogens with one attached hydrogen (secondary N) is 5. The van der Waals surface area contributed by atoms with E-state index in [0.29, 0.717) is 12.0 Å². The van der Waals surface area contributed by atoms with E-state index in [2.05, 4.69) is 26.8 Å². The number of carboxylic acids is 1. The lowest BCUT2D eigenvalue weighted by atomic mass is 9.81. The van der Waals surface area contributed by atoms with Crippen molar-refractivity contribution >= 4 is 29.7 Å². The molecular weight excluding hydrogens is 611 g/mol. The molecule has 2 aromatic rings. The summed E-state index contributed by atoms with van der Waals surface area (Å²) < 4.78 is 36.9. The van der Waals surface area contributed by atoms with E-state index in [4.69, 9.17) is 14.6 Å². The summed E-state index contributed by atoms with van der Waals surface area (Å²) in [6, 6.07) is 13.5. The quantitative estimate of drug-likeness (QED) is 0.149. The molecule has 0 aromatic heterocycles. The Balaban J connectivity index is 0.000000942. The molecule has 0 fully saturated rings. The van der Waals surface area contributed by atoms with Gasteiger partial charge in [-0.2, -0.15) is 13.2 Å². The first-order valence-electron chi connectivity index (χ1n) is 14.6. The minimum Gasteiger partial charge on any atom is -0.475 e.